The van der Waals surface area contributed by atoms with Gasteiger partial charge in [-0.1, -0.05) is 0 Å². The maximum Gasteiger partial charge on any atom is 0.0697 e. The molecule has 0 saturated carbocycles. The van der Waals surface area contributed by atoms with Crippen LogP contribution in [0.15, 0.2) is 16.1 Å². The second-order valence-electron chi connectivity index (χ2n) is 2.19. The molecule has 0 aromatic rings. The lowest BCUT2D eigenvalue weighted by molar-refractivity contribution is 0.225. The monoisotopic (exact) mass is 125 g/mol. The molecular formula is C7H11NO. The molecule has 0 atom stereocenters. The molecule has 2 heteroatoms. The number of ether oxygens (including phenoxy) is 1. The quantitative estimate of drug-likeness (QED) is 0.540. The molecule has 1 rings (SSSR count). The predicted molar refractivity (Wildman–Crippen MR) is 37.9 cm³/mol. The molecule has 0 aromatic heterocycles. The smallest absolute Gasteiger partial charge is 0.0697 e. The minimum absolute atomic E-state index is 0.728. The summed E-state index contributed by atoms with van der Waals surface area (Å²) in [4.78, 5) is 4.09. The Morgan fingerprint density at radius 3 is 3.00 bits per heavy atom. The van der Waals surface area contributed by atoms with E-state index in [1.165, 1.54) is 11.1 Å². The lowest BCUT2D eigenvalue weighted by Crippen LogP contribution is -1.96. The number of hydrogen-bond donors (Lipinski definition) is 0. The molecule has 50 valence electrons. The van der Waals surface area contributed by atoms with E-state index >= 15 is 0 Å². The fourth-order valence-corrected chi connectivity index (χ4v) is 0.842. The van der Waals surface area contributed by atoms with E-state index in [0.717, 1.165) is 13.2 Å². The Morgan fingerprint density at radius 2 is 2.56 bits per heavy atom. The van der Waals surface area contributed by atoms with Crippen molar-refractivity contribution in [3.05, 3.63) is 11.1 Å². The molecule has 0 amide bonds. The Labute approximate surface area is 55.2 Å². The zero-order valence-corrected chi connectivity index (χ0v) is 5.85. The summed E-state index contributed by atoms with van der Waals surface area (Å²) in [5.41, 5.74) is 2.56. The summed E-state index contributed by atoms with van der Waals surface area (Å²) < 4.78 is 4.96. The molecule has 0 spiro atoms. The Kier molecular flexibility index (Phi) is 2.01. The van der Waals surface area contributed by atoms with E-state index in [4.69, 9.17) is 4.74 Å². The molecule has 0 aliphatic carbocycles. The highest BCUT2D eigenvalue weighted by Crippen LogP contribution is 2.08. The summed E-state index contributed by atoms with van der Waals surface area (Å²) in [6, 6.07) is 0. The number of methoxy groups -OCH3 is 1. The minimum Gasteiger partial charge on any atom is -0.380 e. The zero-order chi connectivity index (χ0) is 6.69. The van der Waals surface area contributed by atoms with Gasteiger partial charge in [0.1, 0.15) is 0 Å². The van der Waals surface area contributed by atoms with Gasteiger partial charge in [0, 0.05) is 13.3 Å². The fraction of sp³-hybridized carbons (Fsp3) is 0.571. The van der Waals surface area contributed by atoms with E-state index in [0.29, 0.717) is 0 Å². The van der Waals surface area contributed by atoms with Crippen LogP contribution in [-0.2, 0) is 4.74 Å². The summed E-state index contributed by atoms with van der Waals surface area (Å²) in [6.07, 6.45) is 1.90. The summed E-state index contributed by atoms with van der Waals surface area (Å²) in [7, 11) is 1.71. The molecule has 2 nitrogen and oxygen atoms in total. The Bertz CT molecular complexity index is 158. The summed E-state index contributed by atoms with van der Waals surface area (Å²) in [5, 5.41) is 0. The average molecular weight is 125 g/mol. The lowest BCUT2D eigenvalue weighted by Gasteiger charge is -1.98. The van der Waals surface area contributed by atoms with E-state index in [9.17, 15) is 0 Å². The van der Waals surface area contributed by atoms with Crippen molar-refractivity contribution in [2.75, 3.05) is 20.3 Å². The Balaban J connectivity index is 2.51. The maximum absolute atomic E-state index is 4.96. The van der Waals surface area contributed by atoms with E-state index in [-0.39, 0.29) is 0 Å². The predicted octanol–water partition coefficient (Wildman–Crippen LogP) is 1.03. The second-order valence-corrected chi connectivity index (χ2v) is 2.19. The highest BCUT2D eigenvalue weighted by molar-refractivity contribution is 5.81. The third-order valence-corrected chi connectivity index (χ3v) is 1.44. The van der Waals surface area contributed by atoms with Crippen LogP contribution in [0.2, 0.25) is 0 Å². The van der Waals surface area contributed by atoms with Crippen molar-refractivity contribution in [2.45, 2.75) is 6.92 Å². The molecule has 1 aliphatic rings. The third-order valence-electron chi connectivity index (χ3n) is 1.44. The number of nitrogens with zero attached hydrogens (tertiary/aromatic N) is 1. The summed E-state index contributed by atoms with van der Waals surface area (Å²) in [5.74, 6) is 0. The molecule has 0 fully saturated rings. The number of hydrogen-bond acceptors (Lipinski definition) is 2. The van der Waals surface area contributed by atoms with Gasteiger partial charge < -0.3 is 4.74 Å². The molecule has 9 heavy (non-hydrogen) atoms. The van der Waals surface area contributed by atoms with Crippen LogP contribution >= 0.6 is 0 Å². The Hall–Kier alpha value is -0.630. The zero-order valence-electron chi connectivity index (χ0n) is 5.85. The van der Waals surface area contributed by atoms with Gasteiger partial charge in [-0.15, -0.1) is 0 Å². The standard InChI is InChI=1S/C7H11NO/c1-6-3-8-4-7(6)5-9-2/h3H,4-5H2,1-2H3. The van der Waals surface area contributed by atoms with E-state index < -0.39 is 0 Å². The normalized spacial score (nSPS) is 17.6. The van der Waals surface area contributed by atoms with Crippen LogP contribution in [0.4, 0.5) is 0 Å². The van der Waals surface area contributed by atoms with Crippen molar-refractivity contribution < 1.29 is 4.74 Å². The van der Waals surface area contributed by atoms with Crippen LogP contribution in [0, 0.1) is 0 Å². The highest BCUT2D eigenvalue weighted by Gasteiger charge is 2.03. The fourth-order valence-electron chi connectivity index (χ4n) is 0.842. The van der Waals surface area contributed by atoms with Crippen LogP contribution < -0.4 is 0 Å². The number of rotatable bonds is 2. The molecule has 0 aromatic carbocycles. The van der Waals surface area contributed by atoms with Crippen molar-refractivity contribution in [1.29, 1.82) is 0 Å². The molecule has 1 aliphatic heterocycles. The molecule has 0 N–H and O–H groups in total. The molecule has 0 unspecified atom stereocenters. The van der Waals surface area contributed by atoms with Gasteiger partial charge >= 0.3 is 0 Å². The van der Waals surface area contributed by atoms with E-state index in [1.807, 2.05) is 6.21 Å². The van der Waals surface area contributed by atoms with Crippen LogP contribution in [0.25, 0.3) is 0 Å². The third kappa shape index (κ3) is 1.39. The van der Waals surface area contributed by atoms with Gasteiger partial charge in [0.05, 0.1) is 13.2 Å². The first-order valence-corrected chi connectivity index (χ1v) is 3.02. The average Bonchev–Trinajstić information content (AvgIpc) is 2.18. The minimum atomic E-state index is 0.728. The van der Waals surface area contributed by atoms with Gasteiger partial charge in [-0.25, -0.2) is 0 Å². The lowest BCUT2D eigenvalue weighted by atomic mass is 10.2. The number of allylic oxidation sites excluding steroid dienone is 1. The highest BCUT2D eigenvalue weighted by atomic mass is 16.5. The number of aliphatic imine (C=N–C) groups is 1. The molecule has 1 heterocycles. The molecular weight excluding hydrogens is 114 g/mol. The largest absolute Gasteiger partial charge is 0.380 e. The summed E-state index contributed by atoms with van der Waals surface area (Å²) >= 11 is 0. The maximum atomic E-state index is 4.96. The first-order chi connectivity index (χ1) is 4.34. The van der Waals surface area contributed by atoms with Gasteiger partial charge in [-0.3, -0.25) is 4.99 Å². The van der Waals surface area contributed by atoms with Crippen molar-refractivity contribution >= 4 is 6.21 Å². The van der Waals surface area contributed by atoms with Gasteiger partial charge in [-0.05, 0) is 18.1 Å². The van der Waals surface area contributed by atoms with Crippen LogP contribution in [0.3, 0.4) is 0 Å². The van der Waals surface area contributed by atoms with Gasteiger partial charge in [-0.2, -0.15) is 0 Å². The molecule has 0 bridgehead atoms. The van der Waals surface area contributed by atoms with E-state index in [1.54, 1.807) is 7.11 Å². The first kappa shape index (κ1) is 6.49. The Morgan fingerprint density at radius 1 is 1.78 bits per heavy atom. The van der Waals surface area contributed by atoms with Crippen LogP contribution in [-0.4, -0.2) is 26.5 Å². The summed E-state index contributed by atoms with van der Waals surface area (Å²) in [6.45, 7) is 3.62. The van der Waals surface area contributed by atoms with Crippen LogP contribution in [0.1, 0.15) is 6.92 Å². The van der Waals surface area contributed by atoms with Crippen molar-refractivity contribution in [1.82, 2.24) is 0 Å². The SMILES string of the molecule is COCC1=C(C)C=NC1. The van der Waals surface area contributed by atoms with Gasteiger partial charge in [0.15, 0.2) is 0 Å². The van der Waals surface area contributed by atoms with E-state index in [2.05, 4.69) is 11.9 Å². The molecule has 0 saturated heterocycles. The van der Waals surface area contributed by atoms with Gasteiger partial charge in [0.2, 0.25) is 0 Å². The molecule has 0 radical (unpaired) electrons. The second kappa shape index (κ2) is 2.78. The van der Waals surface area contributed by atoms with Crippen LogP contribution in [0.5, 0.6) is 0 Å². The first-order valence-electron chi connectivity index (χ1n) is 3.02. The van der Waals surface area contributed by atoms with Gasteiger partial charge in [0.25, 0.3) is 0 Å². The van der Waals surface area contributed by atoms with Crippen molar-refractivity contribution in [2.24, 2.45) is 4.99 Å². The topological polar surface area (TPSA) is 21.6 Å². The van der Waals surface area contributed by atoms with Crippen molar-refractivity contribution in [3.8, 4) is 0 Å². The van der Waals surface area contributed by atoms with Crippen molar-refractivity contribution in [3.63, 3.8) is 0 Å².